The Morgan fingerprint density at radius 1 is 1.45 bits per heavy atom. The van der Waals surface area contributed by atoms with Gasteiger partial charge in [-0.25, -0.2) is 4.79 Å². The van der Waals surface area contributed by atoms with Crippen molar-refractivity contribution in [3.05, 3.63) is 46.4 Å². The smallest absolute Gasteiger partial charge is 0.363 e. The summed E-state index contributed by atoms with van der Waals surface area (Å²) in [5.74, 6) is 0. The van der Waals surface area contributed by atoms with Crippen LogP contribution in [-0.2, 0) is 6.54 Å². The zero-order chi connectivity index (χ0) is 14.5. The van der Waals surface area contributed by atoms with Crippen LogP contribution in [0.2, 0.25) is 0 Å². The maximum Gasteiger partial charge on any atom is 0.432 e. The molecule has 0 atom stereocenters. The normalized spacial score (nSPS) is 10.3. The lowest BCUT2D eigenvalue weighted by Crippen LogP contribution is -2.44. The van der Waals surface area contributed by atoms with Crippen molar-refractivity contribution in [2.75, 3.05) is 13.6 Å². The summed E-state index contributed by atoms with van der Waals surface area (Å²) >= 11 is 5.21. The Balaban J connectivity index is 2.27. The van der Waals surface area contributed by atoms with Crippen molar-refractivity contribution in [3.63, 3.8) is 0 Å². The molecule has 7 heteroatoms. The maximum atomic E-state index is 11.8. The van der Waals surface area contributed by atoms with E-state index in [1.54, 1.807) is 9.58 Å². The summed E-state index contributed by atoms with van der Waals surface area (Å²) in [6, 6.07) is 9.47. The molecule has 1 aromatic carbocycles. The molecule has 0 radical (unpaired) electrons. The predicted molar refractivity (Wildman–Crippen MR) is 78.6 cm³/mol. The molecule has 2 rings (SSSR count). The third kappa shape index (κ3) is 3.05. The molecule has 1 heterocycles. The molecule has 0 saturated heterocycles. The number of nitrogens with one attached hydrogen (secondary N) is 2. The largest absolute Gasteiger partial charge is 0.432 e. The summed E-state index contributed by atoms with van der Waals surface area (Å²) in [4.78, 5) is 13.6. The number of hydrogen-bond donors (Lipinski definition) is 2. The first kappa shape index (κ1) is 14.3. The van der Waals surface area contributed by atoms with Crippen LogP contribution in [0.3, 0.4) is 0 Å². The van der Waals surface area contributed by atoms with Crippen LogP contribution in [0, 0.1) is 0 Å². The maximum absolute atomic E-state index is 11.8. The molecule has 0 aliphatic carbocycles. The molecule has 1 aromatic heterocycles. The minimum atomic E-state index is -0.403. The standard InChI is InChI=1S/C13H16N4O2S/c1-3-14-13(20)16(2)9-11-12(18)19-15-17(11)10-7-5-4-6-8-10/h4-8H,3,9H2,1-2H3,(H-,14,15,18,20)/p+1. The highest BCUT2D eigenvalue weighted by molar-refractivity contribution is 7.80. The van der Waals surface area contributed by atoms with Crippen LogP contribution >= 0.6 is 12.2 Å². The Labute approximate surface area is 122 Å². The molecule has 0 aliphatic heterocycles. The summed E-state index contributed by atoms with van der Waals surface area (Å²) < 4.78 is 6.50. The number of thiocarbonyl (C=S) groups is 1. The summed E-state index contributed by atoms with van der Waals surface area (Å²) in [6.07, 6.45) is 0. The van der Waals surface area contributed by atoms with Crippen molar-refractivity contribution in [1.29, 1.82) is 0 Å². The fourth-order valence-corrected chi connectivity index (χ4v) is 2.00. The van der Waals surface area contributed by atoms with Crippen LogP contribution in [0.15, 0.2) is 39.6 Å². The highest BCUT2D eigenvalue weighted by Crippen LogP contribution is 2.00. The van der Waals surface area contributed by atoms with Crippen molar-refractivity contribution in [1.82, 2.24) is 15.5 Å². The minimum absolute atomic E-state index is 0.354. The Kier molecular flexibility index (Phi) is 4.52. The number of rotatable bonds is 4. The van der Waals surface area contributed by atoms with Crippen molar-refractivity contribution < 1.29 is 9.20 Å². The number of nitrogens with zero attached hydrogens (tertiary/aromatic N) is 2. The lowest BCUT2D eigenvalue weighted by molar-refractivity contribution is -0.678. The lowest BCUT2D eigenvalue weighted by Gasteiger charge is -2.17. The van der Waals surface area contributed by atoms with Gasteiger partial charge in [0.15, 0.2) is 5.11 Å². The van der Waals surface area contributed by atoms with Crippen LogP contribution in [-0.4, -0.2) is 28.9 Å². The van der Waals surface area contributed by atoms with Gasteiger partial charge in [0.1, 0.15) is 6.54 Å². The van der Waals surface area contributed by atoms with Gasteiger partial charge in [0.05, 0.1) is 0 Å². The molecule has 2 aromatic rings. The fourth-order valence-electron chi connectivity index (χ4n) is 1.80. The monoisotopic (exact) mass is 293 g/mol. The van der Waals surface area contributed by atoms with Crippen molar-refractivity contribution >= 4 is 17.3 Å². The van der Waals surface area contributed by atoms with Gasteiger partial charge in [0, 0.05) is 25.7 Å². The Bertz CT molecular complexity index is 635. The van der Waals surface area contributed by atoms with Crippen molar-refractivity contribution in [3.8, 4) is 5.69 Å². The van der Waals surface area contributed by atoms with Crippen molar-refractivity contribution in [2.45, 2.75) is 13.5 Å². The van der Waals surface area contributed by atoms with Gasteiger partial charge in [-0.3, -0.25) is 4.52 Å². The average Bonchev–Trinajstić information content (AvgIpc) is 2.81. The molecule has 6 nitrogen and oxygen atoms in total. The second-order valence-electron chi connectivity index (χ2n) is 4.29. The molecular weight excluding hydrogens is 276 g/mol. The fraction of sp³-hybridized carbons (Fsp3) is 0.308. The van der Waals surface area contributed by atoms with E-state index in [0.29, 0.717) is 17.4 Å². The van der Waals surface area contributed by atoms with E-state index in [4.69, 9.17) is 16.7 Å². The number of benzene rings is 1. The Morgan fingerprint density at radius 2 is 2.15 bits per heavy atom. The molecule has 2 N–H and O–H groups in total. The van der Waals surface area contributed by atoms with Gasteiger partial charge >= 0.3 is 11.3 Å². The molecule has 20 heavy (non-hydrogen) atoms. The molecule has 0 bridgehead atoms. The van der Waals surface area contributed by atoms with Crippen LogP contribution in [0.1, 0.15) is 12.6 Å². The molecule has 0 fully saturated rings. The molecule has 0 spiro atoms. The zero-order valence-electron chi connectivity index (χ0n) is 11.4. The number of aromatic nitrogens is 2. The highest BCUT2D eigenvalue weighted by Gasteiger charge is 2.25. The first-order valence-electron chi connectivity index (χ1n) is 6.30. The Hall–Kier alpha value is -2.15. The van der Waals surface area contributed by atoms with Gasteiger partial charge in [-0.15, -0.1) is 0 Å². The van der Waals surface area contributed by atoms with Gasteiger partial charge in [-0.2, -0.15) is 0 Å². The van der Waals surface area contributed by atoms with E-state index in [0.717, 1.165) is 12.2 Å². The van der Waals surface area contributed by atoms with Gasteiger partial charge in [-0.05, 0) is 29.1 Å². The van der Waals surface area contributed by atoms with E-state index in [1.165, 1.54) is 0 Å². The van der Waals surface area contributed by atoms with E-state index in [9.17, 15) is 4.79 Å². The quantitative estimate of drug-likeness (QED) is 0.637. The summed E-state index contributed by atoms with van der Waals surface area (Å²) in [6.45, 7) is 3.06. The second kappa shape index (κ2) is 6.33. The number of para-hydroxylation sites is 1. The second-order valence-corrected chi connectivity index (χ2v) is 4.68. The third-order valence-electron chi connectivity index (χ3n) is 2.81. The Morgan fingerprint density at radius 3 is 2.80 bits per heavy atom. The van der Waals surface area contributed by atoms with Crippen LogP contribution in [0.25, 0.3) is 5.69 Å². The van der Waals surface area contributed by atoms with E-state index < -0.39 is 5.63 Å². The van der Waals surface area contributed by atoms with E-state index in [-0.39, 0.29) is 0 Å². The third-order valence-corrected chi connectivity index (χ3v) is 3.27. The van der Waals surface area contributed by atoms with Crippen molar-refractivity contribution in [2.24, 2.45) is 0 Å². The van der Waals surface area contributed by atoms with E-state index in [2.05, 4.69) is 10.6 Å². The molecule has 106 valence electrons. The van der Waals surface area contributed by atoms with Gasteiger partial charge < -0.3 is 10.2 Å². The average molecular weight is 293 g/mol. The summed E-state index contributed by atoms with van der Waals surface area (Å²) in [5.41, 5.74) is 0.912. The molecule has 0 saturated carbocycles. The van der Waals surface area contributed by atoms with Gasteiger partial charge in [0.2, 0.25) is 5.69 Å². The lowest BCUT2D eigenvalue weighted by atomic mass is 10.3. The summed E-state index contributed by atoms with van der Waals surface area (Å²) in [7, 11) is 1.83. The van der Waals surface area contributed by atoms with Crippen LogP contribution < -0.4 is 15.6 Å². The minimum Gasteiger partial charge on any atom is -0.363 e. The van der Waals surface area contributed by atoms with E-state index >= 15 is 0 Å². The number of aromatic amines is 1. The number of H-pyrrole nitrogens is 1. The van der Waals surface area contributed by atoms with Gasteiger partial charge in [-0.1, -0.05) is 18.2 Å². The van der Waals surface area contributed by atoms with Gasteiger partial charge in [0.25, 0.3) is 0 Å². The molecular formula is C13H17N4O2S+. The van der Waals surface area contributed by atoms with Crippen LogP contribution in [0.4, 0.5) is 0 Å². The zero-order valence-corrected chi connectivity index (χ0v) is 12.2. The topological polar surface area (TPSA) is 65.2 Å². The first-order valence-corrected chi connectivity index (χ1v) is 6.71. The molecule has 0 unspecified atom stereocenters. The molecule has 0 aliphatic rings. The highest BCUT2D eigenvalue weighted by atomic mass is 32.1. The predicted octanol–water partition coefficient (Wildman–Crippen LogP) is 0.571. The SMILES string of the molecule is CCNC(=S)N(C)Cc1c(=O)o[nH][n+]1-c1ccccc1. The van der Waals surface area contributed by atoms with Crippen LogP contribution in [0.5, 0.6) is 0 Å². The number of hydrogen-bond acceptors (Lipinski definition) is 3. The summed E-state index contributed by atoms with van der Waals surface area (Å²) in [5, 5.41) is 6.24. The molecule has 0 amide bonds. The first-order chi connectivity index (χ1) is 9.63. The van der Waals surface area contributed by atoms with E-state index in [1.807, 2.05) is 44.3 Å².